The van der Waals surface area contributed by atoms with Gasteiger partial charge in [-0.2, -0.15) is 0 Å². The molecule has 0 bridgehead atoms. The molecule has 0 amide bonds. The largest absolute Gasteiger partial charge is 0.388 e. The SMILES string of the molecule is O[C@H](c1ccccc1)C1CCCC1. The maximum atomic E-state index is 10.0. The average molecular weight is 176 g/mol. The van der Waals surface area contributed by atoms with Crippen molar-refractivity contribution >= 4 is 0 Å². The van der Waals surface area contributed by atoms with Crippen LogP contribution in [0.1, 0.15) is 37.4 Å². The molecule has 1 saturated carbocycles. The highest BCUT2D eigenvalue weighted by atomic mass is 16.3. The number of hydrogen-bond donors (Lipinski definition) is 1. The maximum Gasteiger partial charge on any atom is 0.0818 e. The van der Waals surface area contributed by atoms with Gasteiger partial charge in [-0.25, -0.2) is 0 Å². The molecule has 0 saturated heterocycles. The van der Waals surface area contributed by atoms with Crippen molar-refractivity contribution in [2.24, 2.45) is 5.92 Å². The summed E-state index contributed by atoms with van der Waals surface area (Å²) in [4.78, 5) is 0. The zero-order chi connectivity index (χ0) is 9.10. The minimum atomic E-state index is -0.233. The van der Waals surface area contributed by atoms with Gasteiger partial charge in [-0.3, -0.25) is 0 Å². The molecular formula is C12H16O. The molecule has 0 aromatic heterocycles. The number of benzene rings is 1. The second-order valence-corrected chi connectivity index (χ2v) is 3.90. The van der Waals surface area contributed by atoms with Gasteiger partial charge in [-0.15, -0.1) is 0 Å². The number of hydrogen-bond acceptors (Lipinski definition) is 1. The standard InChI is InChI=1S/C12H16O/c13-12(11-8-4-5-9-11)10-6-2-1-3-7-10/h1-3,6-7,11-13H,4-5,8-9H2/t12-/m1/s1. The molecule has 1 aromatic carbocycles. The van der Waals surface area contributed by atoms with Gasteiger partial charge >= 0.3 is 0 Å². The molecule has 13 heavy (non-hydrogen) atoms. The highest BCUT2D eigenvalue weighted by Gasteiger charge is 2.23. The lowest BCUT2D eigenvalue weighted by Crippen LogP contribution is -2.08. The molecule has 1 aliphatic rings. The van der Waals surface area contributed by atoms with Crippen LogP contribution in [0.3, 0.4) is 0 Å². The van der Waals surface area contributed by atoms with E-state index < -0.39 is 0 Å². The third kappa shape index (κ3) is 1.92. The zero-order valence-electron chi connectivity index (χ0n) is 7.82. The lowest BCUT2D eigenvalue weighted by atomic mass is 9.95. The number of aliphatic hydroxyl groups is 1. The Bertz CT molecular complexity index is 249. The molecule has 0 aliphatic heterocycles. The summed E-state index contributed by atoms with van der Waals surface area (Å²) in [6, 6.07) is 10.0. The predicted molar refractivity (Wildman–Crippen MR) is 53.4 cm³/mol. The van der Waals surface area contributed by atoms with Crippen LogP contribution in [-0.4, -0.2) is 5.11 Å². The van der Waals surface area contributed by atoms with Gasteiger partial charge < -0.3 is 5.11 Å². The van der Waals surface area contributed by atoms with Gasteiger partial charge in [-0.1, -0.05) is 43.2 Å². The molecule has 1 aliphatic carbocycles. The summed E-state index contributed by atoms with van der Waals surface area (Å²) in [5.41, 5.74) is 1.08. The van der Waals surface area contributed by atoms with E-state index in [1.807, 2.05) is 30.3 Å². The van der Waals surface area contributed by atoms with Crippen molar-refractivity contribution in [3.63, 3.8) is 0 Å². The van der Waals surface area contributed by atoms with E-state index in [0.717, 1.165) is 5.56 Å². The van der Waals surface area contributed by atoms with Crippen molar-refractivity contribution in [1.29, 1.82) is 0 Å². The molecule has 1 N–H and O–H groups in total. The Kier molecular flexibility index (Phi) is 2.65. The third-order valence-electron chi connectivity index (χ3n) is 2.99. The first-order valence-corrected chi connectivity index (χ1v) is 5.11. The van der Waals surface area contributed by atoms with Gasteiger partial charge in [0.15, 0.2) is 0 Å². The summed E-state index contributed by atoms with van der Waals surface area (Å²) in [5.74, 6) is 0.502. The molecule has 1 fully saturated rings. The molecule has 1 nitrogen and oxygen atoms in total. The van der Waals surface area contributed by atoms with Crippen LogP contribution in [0.5, 0.6) is 0 Å². The van der Waals surface area contributed by atoms with E-state index in [1.165, 1.54) is 25.7 Å². The van der Waals surface area contributed by atoms with Crippen LogP contribution in [0.25, 0.3) is 0 Å². The third-order valence-corrected chi connectivity index (χ3v) is 2.99. The van der Waals surface area contributed by atoms with E-state index in [1.54, 1.807) is 0 Å². The summed E-state index contributed by atoms with van der Waals surface area (Å²) < 4.78 is 0. The molecule has 70 valence electrons. The second kappa shape index (κ2) is 3.93. The Morgan fingerprint density at radius 3 is 2.31 bits per heavy atom. The summed E-state index contributed by atoms with van der Waals surface area (Å²) in [7, 11) is 0. The second-order valence-electron chi connectivity index (χ2n) is 3.90. The summed E-state index contributed by atoms with van der Waals surface area (Å²) >= 11 is 0. The minimum Gasteiger partial charge on any atom is -0.388 e. The molecule has 1 atom stereocenters. The smallest absolute Gasteiger partial charge is 0.0818 e. The van der Waals surface area contributed by atoms with E-state index in [4.69, 9.17) is 0 Å². The Morgan fingerprint density at radius 1 is 1.08 bits per heavy atom. The lowest BCUT2D eigenvalue weighted by Gasteiger charge is -2.17. The first-order chi connectivity index (χ1) is 6.38. The van der Waals surface area contributed by atoms with E-state index >= 15 is 0 Å². The van der Waals surface area contributed by atoms with E-state index in [9.17, 15) is 5.11 Å². The Labute approximate surface area is 79.4 Å². The molecule has 0 spiro atoms. The summed E-state index contributed by atoms with van der Waals surface area (Å²) in [6.45, 7) is 0. The van der Waals surface area contributed by atoms with Crippen LogP contribution in [0.4, 0.5) is 0 Å². The first kappa shape index (κ1) is 8.76. The fraction of sp³-hybridized carbons (Fsp3) is 0.500. The van der Waals surface area contributed by atoms with Gasteiger partial charge in [0.25, 0.3) is 0 Å². The van der Waals surface area contributed by atoms with Crippen LogP contribution in [0, 0.1) is 5.92 Å². The van der Waals surface area contributed by atoms with Gasteiger partial charge in [0, 0.05) is 0 Å². The predicted octanol–water partition coefficient (Wildman–Crippen LogP) is 2.91. The normalized spacial score (nSPS) is 20.4. The molecule has 0 unspecified atom stereocenters. The Hall–Kier alpha value is -0.820. The highest BCUT2D eigenvalue weighted by Crippen LogP contribution is 2.35. The average Bonchev–Trinajstić information content (AvgIpc) is 2.71. The Morgan fingerprint density at radius 2 is 1.69 bits per heavy atom. The van der Waals surface area contributed by atoms with Gasteiger partial charge in [0.2, 0.25) is 0 Å². The van der Waals surface area contributed by atoms with Gasteiger partial charge in [-0.05, 0) is 24.3 Å². The van der Waals surface area contributed by atoms with E-state index in [-0.39, 0.29) is 6.10 Å². The van der Waals surface area contributed by atoms with Crippen molar-refractivity contribution in [1.82, 2.24) is 0 Å². The first-order valence-electron chi connectivity index (χ1n) is 5.11. The van der Waals surface area contributed by atoms with Crippen LogP contribution < -0.4 is 0 Å². The van der Waals surface area contributed by atoms with Crippen molar-refractivity contribution in [2.45, 2.75) is 31.8 Å². The summed E-state index contributed by atoms with van der Waals surface area (Å²) in [5, 5.41) is 10.0. The lowest BCUT2D eigenvalue weighted by molar-refractivity contribution is 0.111. The van der Waals surface area contributed by atoms with E-state index in [0.29, 0.717) is 5.92 Å². The minimum absolute atomic E-state index is 0.233. The number of rotatable bonds is 2. The maximum absolute atomic E-state index is 10.0. The fourth-order valence-electron chi connectivity index (χ4n) is 2.20. The van der Waals surface area contributed by atoms with Crippen molar-refractivity contribution < 1.29 is 5.11 Å². The fourth-order valence-corrected chi connectivity index (χ4v) is 2.20. The van der Waals surface area contributed by atoms with Crippen molar-refractivity contribution in [2.75, 3.05) is 0 Å². The number of aliphatic hydroxyl groups excluding tert-OH is 1. The molecule has 1 heteroatoms. The Balaban J connectivity index is 2.08. The molecule has 1 aromatic rings. The monoisotopic (exact) mass is 176 g/mol. The zero-order valence-corrected chi connectivity index (χ0v) is 7.82. The van der Waals surface area contributed by atoms with E-state index in [2.05, 4.69) is 0 Å². The van der Waals surface area contributed by atoms with Crippen LogP contribution in [0.2, 0.25) is 0 Å². The highest BCUT2D eigenvalue weighted by molar-refractivity contribution is 5.18. The van der Waals surface area contributed by atoms with Crippen LogP contribution >= 0.6 is 0 Å². The van der Waals surface area contributed by atoms with Gasteiger partial charge in [0.1, 0.15) is 0 Å². The molecule has 2 rings (SSSR count). The molecular weight excluding hydrogens is 160 g/mol. The van der Waals surface area contributed by atoms with Crippen molar-refractivity contribution in [3.8, 4) is 0 Å². The summed E-state index contributed by atoms with van der Waals surface area (Å²) in [6.07, 6.45) is 4.72. The quantitative estimate of drug-likeness (QED) is 0.734. The van der Waals surface area contributed by atoms with Crippen LogP contribution in [-0.2, 0) is 0 Å². The molecule has 0 radical (unpaired) electrons. The topological polar surface area (TPSA) is 20.2 Å². The van der Waals surface area contributed by atoms with Crippen LogP contribution in [0.15, 0.2) is 30.3 Å². The van der Waals surface area contributed by atoms with Crippen molar-refractivity contribution in [3.05, 3.63) is 35.9 Å². The van der Waals surface area contributed by atoms with Gasteiger partial charge in [0.05, 0.1) is 6.10 Å². The molecule has 0 heterocycles.